The number of nitrogens with zero attached hydrogens (tertiary/aromatic N) is 17. The highest BCUT2D eigenvalue weighted by Gasteiger charge is 2.39. The molecule has 746 valence electrons. The number of carbonyl (C=O) groups excluding carboxylic acids is 7. The number of anilines is 1. The number of hydrogen-bond donors (Lipinski definition) is 3. The molecule has 7 amide bonds. The van der Waals surface area contributed by atoms with Crippen molar-refractivity contribution in [3.63, 3.8) is 0 Å². The number of rotatable bonds is 29. The topological polar surface area (TPSA) is 399 Å². The number of alkyl carbamates (subject to hydrolysis) is 1. The third kappa shape index (κ3) is 21.1. The van der Waals surface area contributed by atoms with Gasteiger partial charge in [0.05, 0.1) is 114 Å². The third-order valence-electron chi connectivity index (χ3n) is 26.8. The highest BCUT2D eigenvalue weighted by molar-refractivity contribution is 6.33. The van der Waals surface area contributed by atoms with Crippen LogP contribution in [0.3, 0.4) is 0 Å². The van der Waals surface area contributed by atoms with Crippen molar-refractivity contribution in [3.05, 3.63) is 347 Å². The Balaban J connectivity index is 0.000000135. The summed E-state index contributed by atoms with van der Waals surface area (Å²) >= 11 is 5.94. The second kappa shape index (κ2) is 45.0. The average molecular weight is 1980 g/mol. The van der Waals surface area contributed by atoms with Crippen molar-refractivity contribution in [2.45, 2.75) is 193 Å². The van der Waals surface area contributed by atoms with Gasteiger partial charge in [0.1, 0.15) is 53.7 Å². The number of para-hydroxylation sites is 3. The van der Waals surface area contributed by atoms with Gasteiger partial charge in [-0.3, -0.25) is 80.7 Å². The van der Waals surface area contributed by atoms with Crippen LogP contribution in [0.1, 0.15) is 265 Å². The van der Waals surface area contributed by atoms with E-state index in [1.165, 1.54) is 33.8 Å². The number of imide groups is 3. The molecule has 9 aromatic carbocycles. The fraction of sp³-hybridized carbons (Fsp3) is 0.312. The minimum Gasteiger partial charge on any atom is -0.444 e. The summed E-state index contributed by atoms with van der Waals surface area (Å²) in [5.41, 5.74) is 17.0. The van der Waals surface area contributed by atoms with E-state index >= 15 is 0 Å². The van der Waals surface area contributed by atoms with Gasteiger partial charge in [0.15, 0.2) is 27.8 Å². The Hall–Kier alpha value is -15.8. The van der Waals surface area contributed by atoms with Crippen molar-refractivity contribution in [1.29, 1.82) is 0 Å². The fourth-order valence-electron chi connectivity index (χ4n) is 19.4. The maximum Gasteiger partial charge on any atom is 0.408 e. The van der Waals surface area contributed by atoms with E-state index in [4.69, 9.17) is 46.5 Å². The van der Waals surface area contributed by atoms with E-state index in [9.17, 15) is 47.9 Å². The van der Waals surface area contributed by atoms with E-state index in [1.54, 1.807) is 126 Å². The number of hydrogen-bond acceptors (Lipinski definition) is 24. The van der Waals surface area contributed by atoms with Gasteiger partial charge in [-0.05, 0) is 244 Å². The van der Waals surface area contributed by atoms with E-state index in [1.807, 2.05) is 169 Å². The van der Waals surface area contributed by atoms with Crippen LogP contribution >= 0.6 is 11.6 Å². The zero-order valence-corrected chi connectivity index (χ0v) is 82.9. The standard InChI is InChI=1S/C39H38N8O4.C34H36N4O5.C29H28N4O3.C10H11ClN4O/c1-2-29(43-34-33-36(41-23-40-34)46(24-42-33)31-20-9-11-22-51-31)35-44-30-19-12-14-25(32(30)39(50)47(35)26-15-4-3-5-16-26)13-8-10-21-45-37(48)27-17-6-7-18-28(27)38(45)49;1-5-26(36-33(42)43-34(2,3)4)29-35-27-20-13-15-22(28(27)32(41)38(29)23-16-7-6-8-17-23)14-11-12-21-37-30(39)24-18-9-10-19-25(24)31(37)40;1-2-23(30)26-31-24-17-10-12-19(25(24)29(36)33(26)20-13-4-3-5-14-20)11-8-9-18-32-27(34)21-15-6-7-16-22(21)28(32)35;11-9-8-10(13-5-12-9)15(6-14-8)7-3-1-2-4-16-7/h3-7,12,14-19,23-24,29,31H,2,8-11,13,20-22H2,1H3,(H,40,41,43);6-10,13,15-20,26H,5,11-12,14,21H2,1-4H3,(H,36,42);3-7,10,12-17,23H,2,8-9,11,18,30H2,1H3;5-7H,1-4H2/t29-,31?;26-;23-;/m000./s1. The van der Waals surface area contributed by atoms with Crippen LogP contribution in [0.15, 0.2) is 258 Å². The molecule has 0 aliphatic carbocycles. The molecule has 2 unspecified atom stereocenters. The summed E-state index contributed by atoms with van der Waals surface area (Å²) in [6.45, 7) is 13.8. The van der Waals surface area contributed by atoms with Gasteiger partial charge >= 0.3 is 6.09 Å². The number of aryl methyl sites for hydroxylation is 3. The summed E-state index contributed by atoms with van der Waals surface area (Å²) in [4.78, 5) is 177. The Labute approximate surface area is 846 Å². The Bertz CT molecular complexity index is 7680. The smallest absolute Gasteiger partial charge is 0.408 e. The van der Waals surface area contributed by atoms with Gasteiger partial charge in [-0.25, -0.2) is 49.7 Å². The molecule has 5 aliphatic heterocycles. The maximum atomic E-state index is 14.6. The summed E-state index contributed by atoms with van der Waals surface area (Å²) in [6, 6.07) is 64.7. The number of nitrogens with two attached hydrogens (primary N) is 1. The van der Waals surface area contributed by atoms with Crippen molar-refractivity contribution in [2.75, 3.05) is 38.2 Å². The number of aromatic nitrogens is 14. The monoisotopic (exact) mass is 1980 g/mol. The highest BCUT2D eigenvalue weighted by atomic mass is 35.5. The number of ether oxygens (including phenoxy) is 3. The van der Waals surface area contributed by atoms with E-state index < -0.39 is 17.7 Å². The third-order valence-corrected chi connectivity index (χ3v) is 27.0. The van der Waals surface area contributed by atoms with E-state index in [-0.39, 0.29) is 76.7 Å². The van der Waals surface area contributed by atoms with Crippen molar-refractivity contribution in [1.82, 2.24) is 87.7 Å². The molecule has 21 rings (SSSR count). The van der Waals surface area contributed by atoms with E-state index in [2.05, 4.69) is 40.5 Å². The number of amides is 7. The van der Waals surface area contributed by atoms with Crippen LogP contribution in [-0.2, 0) is 33.5 Å². The first-order valence-electron chi connectivity index (χ1n) is 49.9. The Morgan fingerprint density at radius 2 is 0.760 bits per heavy atom. The van der Waals surface area contributed by atoms with Crippen LogP contribution in [0, 0.1) is 0 Å². The minimum absolute atomic E-state index is 0.0321. The largest absolute Gasteiger partial charge is 0.444 e. The van der Waals surface area contributed by atoms with Crippen molar-refractivity contribution in [3.8, 4) is 17.1 Å². The van der Waals surface area contributed by atoms with E-state index in [0.717, 1.165) is 66.7 Å². The number of benzene rings is 9. The molecular weight excluding hydrogens is 1870 g/mol. The number of unbranched alkanes of at least 4 members (excludes halogenated alkanes) is 3. The number of imidazole rings is 2. The first-order chi connectivity index (χ1) is 71.0. The van der Waals surface area contributed by atoms with Crippen LogP contribution < -0.4 is 33.0 Å². The first-order valence-corrected chi connectivity index (χ1v) is 50.3. The average Bonchev–Trinajstić information content (AvgIpc) is 1.56. The Morgan fingerprint density at radius 3 is 1.12 bits per heavy atom. The molecule has 2 fully saturated rings. The predicted octanol–water partition coefficient (Wildman–Crippen LogP) is 19.0. The van der Waals surface area contributed by atoms with Crippen LogP contribution in [0.2, 0.25) is 5.15 Å². The van der Waals surface area contributed by atoms with Crippen molar-refractivity contribution in [2.24, 2.45) is 5.73 Å². The molecular formula is C112H113ClN20O13. The normalized spacial score (nSPS) is 15.6. The summed E-state index contributed by atoms with van der Waals surface area (Å²) in [5.74, 6) is 0.563. The molecule has 0 bridgehead atoms. The van der Waals surface area contributed by atoms with Crippen molar-refractivity contribution >= 4 is 114 Å². The molecule has 0 radical (unpaired) electrons. The van der Waals surface area contributed by atoms with Crippen LogP contribution in [0.4, 0.5) is 10.6 Å². The zero-order valence-electron chi connectivity index (χ0n) is 82.1. The number of halogens is 1. The van der Waals surface area contributed by atoms with Gasteiger partial charge < -0.3 is 30.6 Å². The van der Waals surface area contributed by atoms with Crippen LogP contribution in [0.25, 0.3) is 72.1 Å². The van der Waals surface area contributed by atoms with E-state index in [0.29, 0.717) is 226 Å². The molecule has 146 heavy (non-hydrogen) atoms. The summed E-state index contributed by atoms with van der Waals surface area (Å²) in [5, 5.41) is 8.47. The van der Waals surface area contributed by atoms with Gasteiger partial charge in [0, 0.05) is 32.8 Å². The molecule has 34 heteroatoms. The summed E-state index contributed by atoms with van der Waals surface area (Å²) in [7, 11) is 0. The second-order valence-corrected chi connectivity index (χ2v) is 37.8. The van der Waals surface area contributed by atoms with Crippen molar-refractivity contribution < 1.29 is 47.8 Å². The summed E-state index contributed by atoms with van der Waals surface area (Å²) < 4.78 is 26.0. The Kier molecular flexibility index (Phi) is 30.9. The van der Waals surface area contributed by atoms with Crippen LogP contribution in [0.5, 0.6) is 0 Å². The number of fused-ring (bicyclic) bond motifs is 8. The maximum absolute atomic E-state index is 14.6. The van der Waals surface area contributed by atoms with Crippen LogP contribution in [-0.4, -0.2) is 162 Å². The number of nitrogens with one attached hydrogen (secondary N) is 2. The zero-order chi connectivity index (χ0) is 102. The molecule has 5 atom stereocenters. The predicted molar refractivity (Wildman–Crippen MR) is 556 cm³/mol. The molecule has 33 nitrogen and oxygen atoms in total. The van der Waals surface area contributed by atoms with Gasteiger partial charge in [0.25, 0.3) is 52.1 Å². The molecule has 7 aromatic heterocycles. The molecule has 2 saturated heterocycles. The molecule has 16 aromatic rings. The first kappa shape index (κ1) is 100. The lowest BCUT2D eigenvalue weighted by molar-refractivity contribution is -0.0299. The lowest BCUT2D eigenvalue weighted by Crippen LogP contribution is -2.37. The molecule has 5 aliphatic rings. The van der Waals surface area contributed by atoms with Gasteiger partial charge in [-0.1, -0.05) is 160 Å². The SMILES string of the molecule is CC[C@H](N)c1nc2cccc(CCCCN3C(=O)c4ccccc4C3=O)c2c(=O)n1-c1ccccc1.CC[C@H](NC(=O)OC(C)(C)C)c1nc2cccc(CCCCN3C(=O)c4ccccc4C3=O)c2c(=O)n1-c1ccccc1.CC[C@H](Nc1ncnc2c1ncn2C1CCCCO1)c1nc2cccc(CCCCN3C(=O)c4ccccc4C3=O)c2c(=O)n1-c1ccccc1.Clc1ncnc2c1ncn2C1CCCCO1. The highest BCUT2D eigenvalue weighted by Crippen LogP contribution is 2.36. The van der Waals surface area contributed by atoms with Gasteiger partial charge in [0.2, 0.25) is 0 Å². The van der Waals surface area contributed by atoms with Gasteiger partial charge in [-0.2, -0.15) is 0 Å². The quantitative estimate of drug-likeness (QED) is 0.0223. The molecule has 12 heterocycles. The molecule has 4 N–H and O–H groups in total. The van der Waals surface area contributed by atoms with Gasteiger partial charge in [-0.15, -0.1) is 0 Å². The second-order valence-electron chi connectivity index (χ2n) is 37.5. The lowest BCUT2D eigenvalue weighted by Gasteiger charge is -2.25. The number of carbonyl (C=O) groups is 7. The molecule has 0 spiro atoms. The fourth-order valence-corrected chi connectivity index (χ4v) is 19.6. The summed E-state index contributed by atoms with van der Waals surface area (Å²) in [6.07, 6.45) is 19.6. The minimum atomic E-state index is -0.674. The lowest BCUT2D eigenvalue weighted by atomic mass is 10.0. The molecule has 0 saturated carbocycles. The Morgan fingerprint density at radius 1 is 0.411 bits per heavy atom.